The maximum Gasteiger partial charge on any atom is 0.254 e. The van der Waals surface area contributed by atoms with Crippen molar-refractivity contribution in [2.24, 2.45) is 11.8 Å². The van der Waals surface area contributed by atoms with Gasteiger partial charge in [0.1, 0.15) is 5.82 Å². The second-order valence-corrected chi connectivity index (χ2v) is 6.39. The fourth-order valence-electron chi connectivity index (χ4n) is 3.48. The van der Waals surface area contributed by atoms with Crippen molar-refractivity contribution in [2.45, 2.75) is 18.9 Å². The molecule has 2 atom stereocenters. The van der Waals surface area contributed by atoms with Crippen molar-refractivity contribution in [2.75, 3.05) is 39.1 Å². The average Bonchev–Trinajstić information content (AvgIpc) is 3.24. The highest BCUT2D eigenvalue weighted by atomic mass is 16.1. The Hall–Kier alpha value is -1.62. The second-order valence-electron chi connectivity index (χ2n) is 6.39. The minimum Gasteiger partial charge on any atom is -0.355 e. The average molecular weight is 288 g/mol. The standard InChI is InChI=1S/C16H24N4O/c1-17-16(21)12-5-4-8-18-15(12)20-9-13(11-6-7-11)14(10-20)19(2)3/h4-5,8,11,13-14H,6-7,9-10H2,1-3H3,(H,17,21)/t13-,14+/m1/s1. The molecule has 0 spiro atoms. The molecule has 1 saturated carbocycles. The quantitative estimate of drug-likeness (QED) is 0.905. The Morgan fingerprint density at radius 3 is 2.76 bits per heavy atom. The van der Waals surface area contributed by atoms with Gasteiger partial charge in [0.15, 0.2) is 0 Å². The Bertz CT molecular complexity index is 517. The normalized spacial score (nSPS) is 25.4. The number of carbonyl (C=O) groups excluding carboxylic acids is 1. The minimum atomic E-state index is -0.0608. The third kappa shape index (κ3) is 2.75. The minimum absolute atomic E-state index is 0.0608. The van der Waals surface area contributed by atoms with Crippen LogP contribution in [0.15, 0.2) is 18.3 Å². The maximum absolute atomic E-state index is 12.0. The largest absolute Gasteiger partial charge is 0.355 e. The van der Waals surface area contributed by atoms with Crippen LogP contribution >= 0.6 is 0 Å². The Balaban J connectivity index is 1.86. The fraction of sp³-hybridized carbons (Fsp3) is 0.625. The van der Waals surface area contributed by atoms with E-state index in [-0.39, 0.29) is 5.91 Å². The van der Waals surface area contributed by atoms with E-state index in [1.165, 1.54) is 12.8 Å². The van der Waals surface area contributed by atoms with Crippen molar-refractivity contribution >= 4 is 11.7 Å². The summed E-state index contributed by atoms with van der Waals surface area (Å²) < 4.78 is 0. The van der Waals surface area contributed by atoms with Gasteiger partial charge in [-0.2, -0.15) is 0 Å². The summed E-state index contributed by atoms with van der Waals surface area (Å²) in [6.45, 7) is 1.96. The number of aromatic nitrogens is 1. The number of amides is 1. The van der Waals surface area contributed by atoms with Gasteiger partial charge >= 0.3 is 0 Å². The number of nitrogens with zero attached hydrogens (tertiary/aromatic N) is 3. The molecule has 0 unspecified atom stereocenters. The maximum atomic E-state index is 12.0. The van der Waals surface area contributed by atoms with Crippen LogP contribution < -0.4 is 10.2 Å². The summed E-state index contributed by atoms with van der Waals surface area (Å²) in [6.07, 6.45) is 4.48. The predicted molar refractivity (Wildman–Crippen MR) is 83.5 cm³/mol. The first-order chi connectivity index (χ1) is 10.1. The summed E-state index contributed by atoms with van der Waals surface area (Å²) in [7, 11) is 5.97. The van der Waals surface area contributed by atoms with Crippen LogP contribution in [0, 0.1) is 11.8 Å². The van der Waals surface area contributed by atoms with Crippen LogP contribution in [0.5, 0.6) is 0 Å². The predicted octanol–water partition coefficient (Wildman–Crippen LogP) is 1.22. The summed E-state index contributed by atoms with van der Waals surface area (Å²) in [6, 6.07) is 4.24. The number of rotatable bonds is 4. The molecule has 1 saturated heterocycles. The molecule has 1 amide bonds. The van der Waals surface area contributed by atoms with Crippen molar-refractivity contribution in [3.8, 4) is 0 Å². The molecule has 0 bridgehead atoms. The van der Waals surface area contributed by atoms with Gasteiger partial charge in [0.25, 0.3) is 5.91 Å². The summed E-state index contributed by atoms with van der Waals surface area (Å²) >= 11 is 0. The lowest BCUT2D eigenvalue weighted by Crippen LogP contribution is -2.36. The van der Waals surface area contributed by atoms with E-state index in [4.69, 9.17) is 0 Å². The number of anilines is 1. The van der Waals surface area contributed by atoms with E-state index >= 15 is 0 Å². The van der Waals surface area contributed by atoms with Crippen LogP contribution in [-0.2, 0) is 0 Å². The molecule has 0 radical (unpaired) electrons. The molecule has 1 aliphatic carbocycles. The smallest absolute Gasteiger partial charge is 0.254 e. The van der Waals surface area contributed by atoms with Crippen molar-refractivity contribution in [3.63, 3.8) is 0 Å². The lowest BCUT2D eigenvalue weighted by Gasteiger charge is -2.24. The topological polar surface area (TPSA) is 48.5 Å². The van der Waals surface area contributed by atoms with Crippen LogP contribution in [-0.4, -0.2) is 56.1 Å². The van der Waals surface area contributed by atoms with Crippen molar-refractivity contribution in [1.29, 1.82) is 0 Å². The second kappa shape index (κ2) is 5.64. The summed E-state index contributed by atoms with van der Waals surface area (Å²) in [5.74, 6) is 2.32. The summed E-state index contributed by atoms with van der Waals surface area (Å²) in [4.78, 5) is 21.1. The molecule has 2 heterocycles. The highest BCUT2D eigenvalue weighted by molar-refractivity contribution is 5.98. The van der Waals surface area contributed by atoms with Gasteiger partial charge in [0.05, 0.1) is 5.56 Å². The third-order valence-electron chi connectivity index (χ3n) is 4.78. The highest BCUT2D eigenvalue weighted by Gasteiger charge is 2.44. The summed E-state index contributed by atoms with van der Waals surface area (Å²) in [5, 5.41) is 2.71. The molecule has 5 heteroatoms. The van der Waals surface area contributed by atoms with Crippen LogP contribution in [0.3, 0.4) is 0 Å². The monoisotopic (exact) mass is 288 g/mol. The number of hydrogen-bond donors (Lipinski definition) is 1. The molecule has 2 aliphatic rings. The van der Waals surface area contributed by atoms with Gasteiger partial charge in [-0.05, 0) is 50.9 Å². The molecule has 1 aromatic heterocycles. The Kier molecular flexibility index (Phi) is 3.85. The molecule has 114 valence electrons. The highest BCUT2D eigenvalue weighted by Crippen LogP contribution is 2.43. The lowest BCUT2D eigenvalue weighted by molar-refractivity contribution is 0.0963. The van der Waals surface area contributed by atoms with Crippen LogP contribution in [0.4, 0.5) is 5.82 Å². The van der Waals surface area contributed by atoms with Crippen molar-refractivity contribution in [3.05, 3.63) is 23.9 Å². The molecule has 5 nitrogen and oxygen atoms in total. The number of carbonyl (C=O) groups is 1. The molecular weight excluding hydrogens is 264 g/mol. The molecular formula is C16H24N4O. The van der Waals surface area contributed by atoms with E-state index in [0.29, 0.717) is 17.5 Å². The van der Waals surface area contributed by atoms with Gasteiger partial charge in [0.2, 0.25) is 0 Å². The zero-order chi connectivity index (χ0) is 15.0. The Morgan fingerprint density at radius 2 is 2.14 bits per heavy atom. The van der Waals surface area contributed by atoms with Gasteiger partial charge < -0.3 is 15.1 Å². The van der Waals surface area contributed by atoms with E-state index in [0.717, 1.165) is 24.8 Å². The van der Waals surface area contributed by atoms with Gasteiger partial charge in [-0.15, -0.1) is 0 Å². The zero-order valence-corrected chi connectivity index (χ0v) is 13.0. The van der Waals surface area contributed by atoms with Crippen LogP contribution in [0.25, 0.3) is 0 Å². The van der Waals surface area contributed by atoms with Gasteiger partial charge in [-0.3, -0.25) is 4.79 Å². The molecule has 1 aliphatic heterocycles. The number of nitrogens with one attached hydrogen (secondary N) is 1. The molecule has 3 rings (SSSR count). The van der Waals surface area contributed by atoms with Gasteiger partial charge in [0, 0.05) is 32.4 Å². The van der Waals surface area contributed by atoms with Crippen molar-refractivity contribution < 1.29 is 4.79 Å². The van der Waals surface area contributed by atoms with E-state index in [1.807, 2.05) is 12.1 Å². The SMILES string of the molecule is CNC(=O)c1cccnc1N1C[C@H](C2CC2)[C@@H](N(C)C)C1. The molecule has 2 fully saturated rings. The first-order valence-corrected chi connectivity index (χ1v) is 7.70. The van der Waals surface area contributed by atoms with E-state index in [2.05, 4.69) is 34.2 Å². The Labute approximate surface area is 126 Å². The zero-order valence-electron chi connectivity index (χ0n) is 13.0. The number of likely N-dealkylation sites (N-methyl/N-ethyl adjacent to an activating group) is 1. The van der Waals surface area contributed by atoms with Crippen LogP contribution in [0.1, 0.15) is 23.2 Å². The van der Waals surface area contributed by atoms with E-state index in [9.17, 15) is 4.79 Å². The van der Waals surface area contributed by atoms with Crippen molar-refractivity contribution in [1.82, 2.24) is 15.2 Å². The lowest BCUT2D eigenvalue weighted by atomic mass is 9.97. The molecule has 0 aromatic carbocycles. The molecule has 21 heavy (non-hydrogen) atoms. The summed E-state index contributed by atoms with van der Waals surface area (Å²) in [5.41, 5.74) is 0.675. The fourth-order valence-corrected chi connectivity index (χ4v) is 3.48. The number of pyridine rings is 1. The van der Waals surface area contributed by atoms with Gasteiger partial charge in [-0.25, -0.2) is 4.98 Å². The molecule has 1 aromatic rings. The van der Waals surface area contributed by atoms with E-state index in [1.54, 1.807) is 13.2 Å². The first kappa shape index (κ1) is 14.3. The third-order valence-corrected chi connectivity index (χ3v) is 4.78. The van der Waals surface area contributed by atoms with Gasteiger partial charge in [-0.1, -0.05) is 0 Å². The molecule has 1 N–H and O–H groups in total. The Morgan fingerprint density at radius 1 is 1.38 bits per heavy atom. The first-order valence-electron chi connectivity index (χ1n) is 7.70. The number of hydrogen-bond acceptors (Lipinski definition) is 4. The van der Waals surface area contributed by atoms with E-state index < -0.39 is 0 Å². The van der Waals surface area contributed by atoms with Crippen LogP contribution in [0.2, 0.25) is 0 Å².